The van der Waals surface area contributed by atoms with E-state index >= 15 is 0 Å². The number of likely N-dealkylation sites (N-methyl/N-ethyl adjacent to an activating group) is 1. The lowest BCUT2D eigenvalue weighted by Gasteiger charge is -2.37. The van der Waals surface area contributed by atoms with E-state index in [0.717, 1.165) is 39.9 Å². The van der Waals surface area contributed by atoms with Crippen molar-refractivity contribution in [3.05, 3.63) is 35.3 Å². The minimum Gasteiger partial charge on any atom is -0.368 e. The summed E-state index contributed by atoms with van der Waals surface area (Å²) in [5.74, 6) is 0.287. The van der Waals surface area contributed by atoms with Crippen LogP contribution in [0.25, 0.3) is 22.2 Å². The summed E-state index contributed by atoms with van der Waals surface area (Å²) in [6.07, 6.45) is 5.75. The van der Waals surface area contributed by atoms with Crippen LogP contribution in [0.5, 0.6) is 0 Å². The minimum atomic E-state index is 0.287. The highest BCUT2D eigenvalue weighted by Crippen LogP contribution is 2.34. The lowest BCUT2D eigenvalue weighted by atomic mass is 10.1. The first kappa shape index (κ1) is 13.7. The Bertz CT molecular complexity index is 852. The van der Waals surface area contributed by atoms with E-state index in [1.54, 1.807) is 6.20 Å². The van der Waals surface area contributed by atoms with Crippen molar-refractivity contribution in [2.24, 2.45) is 0 Å². The second-order valence-electron chi connectivity index (χ2n) is 5.65. The Labute approximate surface area is 136 Å². The summed E-state index contributed by atoms with van der Waals surface area (Å²) >= 11 is 3.45. The second kappa shape index (κ2) is 5.03. The van der Waals surface area contributed by atoms with Crippen molar-refractivity contribution in [2.45, 2.75) is 6.04 Å². The largest absolute Gasteiger partial charge is 0.368 e. The maximum absolute atomic E-state index is 5.73. The Balaban J connectivity index is 1.92. The average Bonchev–Trinajstić information content (AvgIpc) is 2.82. The molecule has 0 amide bonds. The van der Waals surface area contributed by atoms with Gasteiger partial charge in [-0.1, -0.05) is 0 Å². The van der Waals surface area contributed by atoms with Gasteiger partial charge < -0.3 is 15.2 Å². The number of halogens is 1. The quantitative estimate of drug-likeness (QED) is 0.711. The number of nitrogens with zero attached hydrogens (tertiary/aromatic N) is 5. The Morgan fingerprint density at radius 2 is 2.14 bits per heavy atom. The van der Waals surface area contributed by atoms with E-state index in [2.05, 4.69) is 53.6 Å². The molecule has 1 aliphatic heterocycles. The van der Waals surface area contributed by atoms with Crippen LogP contribution >= 0.6 is 15.9 Å². The zero-order valence-corrected chi connectivity index (χ0v) is 13.7. The van der Waals surface area contributed by atoms with Crippen LogP contribution in [0.15, 0.2) is 35.3 Å². The first-order chi connectivity index (χ1) is 10.6. The number of fused-ring (bicyclic) bond motifs is 1. The number of pyridine rings is 1. The summed E-state index contributed by atoms with van der Waals surface area (Å²) < 4.78 is 3.11. The van der Waals surface area contributed by atoms with Gasteiger partial charge in [-0.2, -0.15) is 0 Å². The Morgan fingerprint density at radius 1 is 1.32 bits per heavy atom. The second-order valence-corrected chi connectivity index (χ2v) is 6.46. The molecule has 0 aliphatic carbocycles. The smallest absolute Gasteiger partial charge is 0.220 e. The summed E-state index contributed by atoms with van der Waals surface area (Å²) in [7, 11) is 2.13. The molecule has 0 aromatic carbocycles. The van der Waals surface area contributed by atoms with Crippen LogP contribution in [0.3, 0.4) is 0 Å². The number of hydrogen-bond donors (Lipinski definition) is 1. The van der Waals surface area contributed by atoms with Gasteiger partial charge in [0, 0.05) is 36.4 Å². The summed E-state index contributed by atoms with van der Waals surface area (Å²) in [4.78, 5) is 15.0. The third-order valence-electron chi connectivity index (χ3n) is 4.07. The van der Waals surface area contributed by atoms with Gasteiger partial charge in [-0.25, -0.2) is 15.0 Å². The highest BCUT2D eigenvalue weighted by Gasteiger charge is 2.27. The van der Waals surface area contributed by atoms with Crippen LogP contribution in [0.2, 0.25) is 0 Å². The van der Waals surface area contributed by atoms with Gasteiger partial charge in [-0.15, -0.1) is 0 Å². The highest BCUT2D eigenvalue weighted by molar-refractivity contribution is 9.10. The lowest BCUT2D eigenvalue weighted by molar-refractivity contribution is 0.144. The molecular formula is C15H15BrN6. The number of nitrogen functional groups attached to an aromatic ring is 1. The van der Waals surface area contributed by atoms with E-state index in [1.807, 2.05) is 18.3 Å². The molecule has 7 heteroatoms. The molecule has 1 fully saturated rings. The Hall–Kier alpha value is -1.99. The molecule has 4 rings (SSSR count). The van der Waals surface area contributed by atoms with E-state index in [4.69, 9.17) is 5.73 Å². The topological polar surface area (TPSA) is 72.9 Å². The van der Waals surface area contributed by atoms with Gasteiger partial charge in [0.2, 0.25) is 5.95 Å². The zero-order chi connectivity index (χ0) is 15.3. The van der Waals surface area contributed by atoms with E-state index < -0.39 is 0 Å². The molecule has 0 unspecified atom stereocenters. The fraction of sp³-hybridized carbons (Fsp3) is 0.267. The highest BCUT2D eigenvalue weighted by atomic mass is 79.9. The number of rotatable bonds is 2. The molecule has 4 heterocycles. The van der Waals surface area contributed by atoms with Gasteiger partial charge in [0.15, 0.2) is 0 Å². The Morgan fingerprint density at radius 3 is 2.86 bits per heavy atom. The number of anilines is 1. The van der Waals surface area contributed by atoms with Crippen LogP contribution in [-0.4, -0.2) is 44.6 Å². The summed E-state index contributed by atoms with van der Waals surface area (Å²) in [5, 5.41) is 1.12. The lowest BCUT2D eigenvalue weighted by Crippen LogP contribution is -2.44. The van der Waals surface area contributed by atoms with Crippen molar-refractivity contribution < 1.29 is 0 Å². The van der Waals surface area contributed by atoms with E-state index in [0.29, 0.717) is 6.04 Å². The van der Waals surface area contributed by atoms with Gasteiger partial charge in [0.25, 0.3) is 0 Å². The van der Waals surface area contributed by atoms with Crippen molar-refractivity contribution in [3.8, 4) is 11.3 Å². The molecule has 0 saturated carbocycles. The van der Waals surface area contributed by atoms with E-state index in [9.17, 15) is 0 Å². The molecule has 22 heavy (non-hydrogen) atoms. The predicted molar refractivity (Wildman–Crippen MR) is 89.4 cm³/mol. The predicted octanol–water partition coefficient (Wildman–Crippen LogP) is 2.32. The minimum absolute atomic E-state index is 0.287. The normalized spacial score (nSPS) is 16.1. The summed E-state index contributed by atoms with van der Waals surface area (Å²) in [6.45, 7) is 2.09. The summed E-state index contributed by atoms with van der Waals surface area (Å²) in [6, 6.07) is 4.39. The number of aromatic nitrogens is 4. The number of likely N-dealkylation sites (tertiary alicyclic amines) is 1. The average molecular weight is 359 g/mol. The van der Waals surface area contributed by atoms with Crippen LogP contribution in [0.1, 0.15) is 6.04 Å². The fourth-order valence-electron chi connectivity index (χ4n) is 2.99. The molecule has 0 bridgehead atoms. The third kappa shape index (κ3) is 2.17. The third-order valence-corrected chi connectivity index (χ3v) is 4.51. The van der Waals surface area contributed by atoms with Crippen molar-refractivity contribution in [1.29, 1.82) is 0 Å². The zero-order valence-electron chi connectivity index (χ0n) is 12.1. The maximum Gasteiger partial charge on any atom is 0.220 e. The number of nitrogens with two attached hydrogens (primary N) is 1. The molecule has 3 aromatic heterocycles. The van der Waals surface area contributed by atoms with Gasteiger partial charge >= 0.3 is 0 Å². The van der Waals surface area contributed by atoms with Crippen molar-refractivity contribution >= 4 is 32.8 Å². The van der Waals surface area contributed by atoms with Gasteiger partial charge in [0.05, 0.1) is 23.4 Å². The van der Waals surface area contributed by atoms with Gasteiger partial charge in [-0.3, -0.25) is 0 Å². The monoisotopic (exact) mass is 358 g/mol. The van der Waals surface area contributed by atoms with Crippen LogP contribution in [-0.2, 0) is 0 Å². The Kier molecular flexibility index (Phi) is 3.12. The summed E-state index contributed by atoms with van der Waals surface area (Å²) in [5.41, 5.74) is 8.75. The number of hydrogen-bond acceptors (Lipinski definition) is 5. The first-order valence-electron chi connectivity index (χ1n) is 7.05. The molecule has 0 spiro atoms. The van der Waals surface area contributed by atoms with Crippen LogP contribution < -0.4 is 5.73 Å². The SMILES string of the molecule is CN1CC(n2cc(-c3ccnc(N)n3)c3cc(Br)ncc32)C1. The molecule has 2 N–H and O–H groups in total. The fourth-order valence-corrected chi connectivity index (χ4v) is 3.33. The molecular weight excluding hydrogens is 344 g/mol. The van der Waals surface area contributed by atoms with E-state index in [1.165, 1.54) is 0 Å². The van der Waals surface area contributed by atoms with Gasteiger partial charge in [0.1, 0.15) is 4.60 Å². The van der Waals surface area contributed by atoms with Crippen LogP contribution in [0, 0.1) is 0 Å². The molecule has 1 aliphatic rings. The van der Waals surface area contributed by atoms with Crippen LogP contribution in [0.4, 0.5) is 5.95 Å². The maximum atomic E-state index is 5.73. The van der Waals surface area contributed by atoms with Gasteiger partial charge in [-0.05, 0) is 35.1 Å². The molecule has 1 saturated heterocycles. The van der Waals surface area contributed by atoms with Crippen molar-refractivity contribution in [1.82, 2.24) is 24.4 Å². The molecule has 112 valence electrons. The molecule has 6 nitrogen and oxygen atoms in total. The van der Waals surface area contributed by atoms with Crippen molar-refractivity contribution in [3.63, 3.8) is 0 Å². The van der Waals surface area contributed by atoms with E-state index in [-0.39, 0.29) is 5.95 Å². The first-order valence-corrected chi connectivity index (χ1v) is 7.84. The molecule has 3 aromatic rings. The van der Waals surface area contributed by atoms with Crippen molar-refractivity contribution in [2.75, 3.05) is 25.9 Å². The molecule has 0 radical (unpaired) electrons. The standard InChI is InChI=1S/C15H15BrN6/c1-21-6-9(7-21)22-8-11(12-2-3-18-15(17)20-12)10-4-14(16)19-5-13(10)22/h2-5,8-9H,6-7H2,1H3,(H2,17,18,20). The molecule has 0 atom stereocenters.